The van der Waals surface area contributed by atoms with Crippen LogP contribution in [0.25, 0.3) is 44.3 Å². The van der Waals surface area contributed by atoms with Crippen molar-refractivity contribution in [1.29, 1.82) is 0 Å². The van der Waals surface area contributed by atoms with E-state index in [4.69, 9.17) is 14.5 Å². The Kier molecular flexibility index (Phi) is 6.26. The number of para-hydroxylation sites is 4. The Morgan fingerprint density at radius 3 is 1.98 bits per heavy atom. The molecule has 4 nitrogen and oxygen atoms in total. The molecule has 11 rings (SSSR count). The van der Waals surface area contributed by atoms with Crippen molar-refractivity contribution in [2.24, 2.45) is 4.99 Å². The fourth-order valence-electron chi connectivity index (χ4n) is 8.81. The van der Waals surface area contributed by atoms with Crippen molar-refractivity contribution in [3.63, 3.8) is 0 Å². The Hall–Kier alpha value is -6.65. The second-order valence-electron chi connectivity index (χ2n) is 13.7. The normalized spacial score (nSPS) is 16.7. The van der Waals surface area contributed by atoms with Gasteiger partial charge in [0.25, 0.3) is 0 Å². The molecular weight excluding hydrogens is 637 g/mol. The van der Waals surface area contributed by atoms with Gasteiger partial charge in [-0.3, -0.25) is 4.99 Å². The van der Waals surface area contributed by atoms with Crippen molar-refractivity contribution in [1.82, 2.24) is 4.57 Å². The number of rotatable bonds is 3. The van der Waals surface area contributed by atoms with Crippen molar-refractivity contribution < 1.29 is 9.47 Å². The lowest BCUT2D eigenvalue weighted by Gasteiger charge is -2.45. The van der Waals surface area contributed by atoms with Crippen molar-refractivity contribution in [3.05, 3.63) is 192 Å². The van der Waals surface area contributed by atoms with Crippen LogP contribution in [0, 0.1) is 0 Å². The zero-order valence-electron chi connectivity index (χ0n) is 28.3. The van der Waals surface area contributed by atoms with Crippen LogP contribution in [-0.2, 0) is 5.41 Å². The molecule has 0 radical (unpaired) electrons. The molecule has 0 saturated heterocycles. The van der Waals surface area contributed by atoms with Crippen LogP contribution in [0.3, 0.4) is 0 Å². The molecule has 4 heterocycles. The maximum Gasteiger partial charge on any atom is 0.132 e. The Balaban J connectivity index is 1.20. The predicted octanol–water partition coefficient (Wildman–Crippen LogP) is 12.3. The van der Waals surface area contributed by atoms with Gasteiger partial charge in [0.1, 0.15) is 23.0 Å². The average Bonchev–Trinajstić information content (AvgIpc) is 3.56. The van der Waals surface area contributed by atoms with Gasteiger partial charge in [-0.05, 0) is 78.6 Å². The molecule has 0 saturated carbocycles. The summed E-state index contributed by atoms with van der Waals surface area (Å²) in [6, 6.07) is 56.3. The third-order valence-corrected chi connectivity index (χ3v) is 11.0. The van der Waals surface area contributed by atoms with Gasteiger partial charge >= 0.3 is 0 Å². The number of hydrogen-bond donors (Lipinski definition) is 0. The number of benzene rings is 7. The van der Waals surface area contributed by atoms with Crippen LogP contribution >= 0.6 is 0 Å². The van der Waals surface area contributed by atoms with Gasteiger partial charge in [-0.15, -0.1) is 0 Å². The Labute approximate surface area is 301 Å². The molecule has 1 unspecified atom stereocenters. The number of ether oxygens (including phenoxy) is 2. The molecular formula is C48H32N2O2. The first kappa shape index (κ1) is 29.1. The summed E-state index contributed by atoms with van der Waals surface area (Å²) in [5.41, 5.74) is 11.5. The van der Waals surface area contributed by atoms with E-state index in [0.29, 0.717) is 0 Å². The first-order valence-electron chi connectivity index (χ1n) is 17.9. The van der Waals surface area contributed by atoms with Gasteiger partial charge in [-0.1, -0.05) is 109 Å². The van der Waals surface area contributed by atoms with E-state index in [9.17, 15) is 0 Å². The molecule has 1 atom stereocenters. The zero-order valence-corrected chi connectivity index (χ0v) is 28.3. The Morgan fingerprint density at radius 1 is 0.500 bits per heavy atom. The molecule has 52 heavy (non-hydrogen) atoms. The molecule has 3 aliphatic rings. The smallest absolute Gasteiger partial charge is 0.132 e. The number of hydrogen-bond acceptors (Lipinski definition) is 3. The summed E-state index contributed by atoms with van der Waals surface area (Å²) in [6.07, 6.45) is 6.19. The van der Waals surface area contributed by atoms with E-state index in [1.165, 1.54) is 27.4 Å². The van der Waals surface area contributed by atoms with Crippen LogP contribution in [0.1, 0.15) is 40.7 Å². The van der Waals surface area contributed by atoms with E-state index in [-0.39, 0.29) is 0 Å². The first-order valence-corrected chi connectivity index (χ1v) is 17.9. The van der Waals surface area contributed by atoms with Gasteiger partial charge in [0.05, 0.1) is 22.1 Å². The van der Waals surface area contributed by atoms with E-state index in [1.807, 2.05) is 6.21 Å². The third kappa shape index (κ3) is 4.06. The second-order valence-corrected chi connectivity index (χ2v) is 13.7. The highest BCUT2D eigenvalue weighted by Gasteiger charge is 2.50. The number of allylic oxidation sites excluding steroid dienone is 1. The third-order valence-electron chi connectivity index (χ3n) is 11.0. The molecule has 1 spiro atoms. The lowest BCUT2D eigenvalue weighted by atomic mass is 9.62. The minimum absolute atomic E-state index is 0.695. The molecule has 1 aromatic heterocycles. The lowest BCUT2D eigenvalue weighted by Crippen LogP contribution is -2.36. The van der Waals surface area contributed by atoms with Gasteiger partial charge in [0, 0.05) is 50.5 Å². The number of aromatic nitrogens is 1. The number of aliphatic imine (C=N–C) groups is 1. The summed E-state index contributed by atoms with van der Waals surface area (Å²) in [5, 5.41) is 2.45. The Morgan fingerprint density at radius 2 is 1.17 bits per heavy atom. The maximum atomic E-state index is 6.81. The van der Waals surface area contributed by atoms with E-state index in [1.54, 1.807) is 0 Å². The number of fused-ring (bicyclic) bond motifs is 11. The summed E-state index contributed by atoms with van der Waals surface area (Å²) < 4.78 is 16.0. The quantitative estimate of drug-likeness (QED) is 0.188. The van der Waals surface area contributed by atoms with Gasteiger partial charge in [-0.25, -0.2) is 0 Å². The topological polar surface area (TPSA) is 35.8 Å². The van der Waals surface area contributed by atoms with Crippen molar-refractivity contribution in [2.75, 3.05) is 0 Å². The van der Waals surface area contributed by atoms with Crippen molar-refractivity contribution in [3.8, 4) is 39.8 Å². The fourth-order valence-corrected chi connectivity index (χ4v) is 8.81. The van der Waals surface area contributed by atoms with E-state index in [0.717, 1.165) is 80.6 Å². The second kappa shape index (κ2) is 11.2. The van der Waals surface area contributed by atoms with Crippen LogP contribution < -0.4 is 9.47 Å². The highest BCUT2D eigenvalue weighted by molar-refractivity contribution is 6.15. The Bertz CT molecular complexity index is 2800. The first-order chi connectivity index (χ1) is 25.8. The molecule has 3 aliphatic heterocycles. The monoisotopic (exact) mass is 668 g/mol. The van der Waals surface area contributed by atoms with Crippen molar-refractivity contribution >= 4 is 33.7 Å². The van der Waals surface area contributed by atoms with E-state index in [2.05, 4.69) is 168 Å². The van der Waals surface area contributed by atoms with Gasteiger partial charge < -0.3 is 14.0 Å². The molecule has 0 amide bonds. The zero-order chi connectivity index (χ0) is 34.2. The van der Waals surface area contributed by atoms with E-state index < -0.39 is 5.41 Å². The van der Waals surface area contributed by atoms with Crippen LogP contribution in [-0.4, -0.2) is 10.8 Å². The molecule has 0 aliphatic carbocycles. The highest BCUT2D eigenvalue weighted by Crippen LogP contribution is 2.62. The van der Waals surface area contributed by atoms with Crippen LogP contribution in [0.4, 0.5) is 0 Å². The molecule has 0 fully saturated rings. The average molecular weight is 669 g/mol. The summed E-state index contributed by atoms with van der Waals surface area (Å²) >= 11 is 0. The lowest BCUT2D eigenvalue weighted by molar-refractivity contribution is 0.399. The standard InChI is InChI=1S/C48H32N2O2/c1-2-13-33(14-3-1)50-41-20-7-4-15-35(41)47-34(16-12-21-42(47)50)31-25-27-45-39(29-31)48(36-17-5-8-22-43(36)51-45)37-18-6-9-23-44(37)52-46-30-32(24-26-38(46)48)40-19-10-11-28-49-40/h1-9,12-30H,10-11H2. The summed E-state index contributed by atoms with van der Waals surface area (Å²) in [6.45, 7) is 0. The maximum absolute atomic E-state index is 6.81. The molecule has 246 valence electrons. The molecule has 4 heteroatoms. The van der Waals surface area contributed by atoms with Gasteiger partial charge in [0.15, 0.2) is 0 Å². The van der Waals surface area contributed by atoms with Crippen LogP contribution in [0.15, 0.2) is 169 Å². The predicted molar refractivity (Wildman–Crippen MR) is 210 cm³/mol. The molecule has 8 aromatic rings. The van der Waals surface area contributed by atoms with Gasteiger partial charge in [0.2, 0.25) is 0 Å². The molecule has 7 aromatic carbocycles. The van der Waals surface area contributed by atoms with Crippen LogP contribution in [0.2, 0.25) is 0 Å². The SMILES string of the molecule is C1=NC(c2ccc3c(c2)Oc2ccccc2C32c3ccccc3Oc3ccc(-c4cccc5c4c4ccccc4n5-c4ccccc4)cc32)=CCC1. The summed E-state index contributed by atoms with van der Waals surface area (Å²) in [4.78, 5) is 4.74. The molecule has 0 N–H and O–H groups in total. The van der Waals surface area contributed by atoms with E-state index >= 15 is 0 Å². The minimum Gasteiger partial charge on any atom is -0.457 e. The van der Waals surface area contributed by atoms with Crippen molar-refractivity contribution in [2.45, 2.75) is 18.3 Å². The van der Waals surface area contributed by atoms with Crippen LogP contribution in [0.5, 0.6) is 23.0 Å². The fraction of sp³-hybridized carbons (Fsp3) is 0.0625. The summed E-state index contributed by atoms with van der Waals surface area (Å²) in [7, 11) is 0. The highest BCUT2D eigenvalue weighted by atomic mass is 16.5. The summed E-state index contributed by atoms with van der Waals surface area (Å²) in [5.74, 6) is 3.36. The number of nitrogens with zero attached hydrogens (tertiary/aromatic N) is 2. The van der Waals surface area contributed by atoms with Gasteiger partial charge in [-0.2, -0.15) is 0 Å². The largest absolute Gasteiger partial charge is 0.457 e. The minimum atomic E-state index is -0.695. The molecule has 0 bridgehead atoms.